The average molecular weight is 271 g/mol. The number of benzene rings is 2. The number of Topliss-reactive ketones (excluding diaryl/α,β-unsaturated/α-hetero) is 1. The van der Waals surface area contributed by atoms with E-state index < -0.39 is 11.7 Å². The van der Waals surface area contributed by atoms with E-state index in [4.69, 9.17) is 0 Å². The largest absolute Gasteiger partial charge is 0.319 e. The van der Waals surface area contributed by atoms with Crippen molar-refractivity contribution in [1.29, 1.82) is 0 Å². The van der Waals surface area contributed by atoms with Crippen LogP contribution in [-0.4, -0.2) is 11.7 Å². The van der Waals surface area contributed by atoms with Crippen LogP contribution in [0.5, 0.6) is 0 Å². The highest BCUT2D eigenvalue weighted by atomic mass is 19.1. The molecule has 2 aromatic carbocycles. The van der Waals surface area contributed by atoms with Gasteiger partial charge >= 0.3 is 0 Å². The van der Waals surface area contributed by atoms with Crippen molar-refractivity contribution in [3.05, 3.63) is 53.8 Å². The minimum atomic E-state index is -0.636. The van der Waals surface area contributed by atoms with Gasteiger partial charge in [-0.3, -0.25) is 9.59 Å². The molecule has 0 aliphatic rings. The Kier molecular flexibility index (Phi) is 3.94. The number of carbonyl (C=O) groups excluding carboxylic acids is 2. The van der Waals surface area contributed by atoms with Gasteiger partial charge in [0.15, 0.2) is 0 Å². The smallest absolute Gasteiger partial charge is 0.291 e. The Bertz CT molecular complexity index is 663. The van der Waals surface area contributed by atoms with E-state index in [1.807, 2.05) is 19.1 Å². The maximum absolute atomic E-state index is 12.9. The van der Waals surface area contributed by atoms with Gasteiger partial charge in [0.05, 0.1) is 0 Å². The van der Waals surface area contributed by atoms with Gasteiger partial charge in [0.25, 0.3) is 5.91 Å². The van der Waals surface area contributed by atoms with Gasteiger partial charge in [-0.2, -0.15) is 0 Å². The minimum Gasteiger partial charge on any atom is -0.319 e. The molecular formula is C16H14FNO2. The normalized spacial score (nSPS) is 10.2. The molecule has 0 aromatic heterocycles. The average Bonchev–Trinajstić information content (AvgIpc) is 2.41. The molecule has 2 rings (SSSR count). The quantitative estimate of drug-likeness (QED) is 0.870. The minimum absolute atomic E-state index is 0.282. The molecule has 20 heavy (non-hydrogen) atoms. The van der Waals surface area contributed by atoms with E-state index in [1.165, 1.54) is 19.1 Å². The van der Waals surface area contributed by atoms with E-state index in [1.54, 1.807) is 18.2 Å². The van der Waals surface area contributed by atoms with Gasteiger partial charge in [0, 0.05) is 12.6 Å². The highest BCUT2D eigenvalue weighted by Crippen LogP contribution is 2.25. The maximum atomic E-state index is 12.9. The zero-order chi connectivity index (χ0) is 14.7. The zero-order valence-electron chi connectivity index (χ0n) is 11.2. The van der Waals surface area contributed by atoms with Crippen LogP contribution in [0.25, 0.3) is 11.1 Å². The summed E-state index contributed by atoms with van der Waals surface area (Å²) in [7, 11) is 0. The molecule has 0 atom stereocenters. The summed E-state index contributed by atoms with van der Waals surface area (Å²) in [6, 6.07) is 11.6. The topological polar surface area (TPSA) is 46.2 Å². The van der Waals surface area contributed by atoms with E-state index in [-0.39, 0.29) is 5.82 Å². The van der Waals surface area contributed by atoms with Crippen molar-refractivity contribution in [2.24, 2.45) is 0 Å². The van der Waals surface area contributed by atoms with Crippen molar-refractivity contribution in [1.82, 2.24) is 0 Å². The monoisotopic (exact) mass is 271 g/mol. The lowest BCUT2D eigenvalue weighted by atomic mass is 10.0. The predicted octanol–water partition coefficient (Wildman–Crippen LogP) is 3.33. The van der Waals surface area contributed by atoms with Crippen LogP contribution in [0.4, 0.5) is 10.1 Å². The summed E-state index contributed by atoms with van der Waals surface area (Å²) in [5.74, 6) is -1.45. The molecule has 102 valence electrons. The number of nitrogens with one attached hydrogen (secondary N) is 1. The summed E-state index contributed by atoms with van der Waals surface area (Å²) in [4.78, 5) is 22.3. The Morgan fingerprint density at radius 2 is 1.60 bits per heavy atom. The number of anilines is 1. The van der Waals surface area contributed by atoms with Gasteiger partial charge in [0.2, 0.25) is 5.78 Å². The van der Waals surface area contributed by atoms with Crippen molar-refractivity contribution in [3.63, 3.8) is 0 Å². The number of aryl methyl sites for hydroxylation is 1. The zero-order valence-corrected chi connectivity index (χ0v) is 11.2. The molecule has 1 N–H and O–H groups in total. The first-order valence-corrected chi connectivity index (χ1v) is 6.16. The SMILES string of the molecule is CC(=O)C(=O)Nc1ccc(-c2ccc(F)cc2)cc1C. The van der Waals surface area contributed by atoms with Gasteiger partial charge in [-0.15, -0.1) is 0 Å². The van der Waals surface area contributed by atoms with Crippen molar-refractivity contribution >= 4 is 17.4 Å². The van der Waals surface area contributed by atoms with Gasteiger partial charge in [-0.1, -0.05) is 18.2 Å². The number of hydrogen-bond acceptors (Lipinski definition) is 2. The maximum Gasteiger partial charge on any atom is 0.291 e. The van der Waals surface area contributed by atoms with Crippen LogP contribution in [0.15, 0.2) is 42.5 Å². The molecule has 4 heteroatoms. The lowest BCUT2D eigenvalue weighted by Gasteiger charge is -2.09. The highest BCUT2D eigenvalue weighted by molar-refractivity contribution is 6.39. The number of amides is 1. The van der Waals surface area contributed by atoms with E-state index in [2.05, 4.69) is 5.32 Å². The Morgan fingerprint density at radius 1 is 1.00 bits per heavy atom. The second-order valence-corrected chi connectivity index (χ2v) is 4.55. The molecular weight excluding hydrogens is 257 g/mol. The Balaban J connectivity index is 2.28. The number of rotatable bonds is 3. The first-order chi connectivity index (χ1) is 9.47. The van der Waals surface area contributed by atoms with Crippen molar-refractivity contribution in [2.45, 2.75) is 13.8 Å². The third-order valence-electron chi connectivity index (χ3n) is 2.97. The Labute approximate surface area is 116 Å². The molecule has 1 amide bonds. The van der Waals surface area contributed by atoms with Crippen LogP contribution in [0, 0.1) is 12.7 Å². The summed E-state index contributed by atoms with van der Waals surface area (Å²) in [5.41, 5.74) is 3.24. The molecule has 0 aliphatic carbocycles. The third kappa shape index (κ3) is 3.09. The molecule has 0 radical (unpaired) electrons. The third-order valence-corrected chi connectivity index (χ3v) is 2.97. The molecule has 0 unspecified atom stereocenters. The molecule has 0 aliphatic heterocycles. The number of halogens is 1. The molecule has 0 fully saturated rings. The second kappa shape index (κ2) is 5.65. The first kappa shape index (κ1) is 13.9. The summed E-state index contributed by atoms with van der Waals surface area (Å²) in [5, 5.41) is 2.55. The van der Waals surface area contributed by atoms with E-state index in [0.717, 1.165) is 16.7 Å². The van der Waals surface area contributed by atoms with E-state index in [9.17, 15) is 14.0 Å². The standard InChI is InChI=1S/C16H14FNO2/c1-10-9-13(12-3-6-14(17)7-4-12)5-8-15(10)18-16(20)11(2)19/h3-9H,1-2H3,(H,18,20). The van der Waals surface area contributed by atoms with E-state index >= 15 is 0 Å². The van der Waals surface area contributed by atoms with Crippen LogP contribution in [0.3, 0.4) is 0 Å². The van der Waals surface area contributed by atoms with Crippen molar-refractivity contribution in [2.75, 3.05) is 5.32 Å². The summed E-state index contributed by atoms with van der Waals surface area (Å²) in [6.45, 7) is 3.06. The van der Waals surface area contributed by atoms with Crippen LogP contribution < -0.4 is 5.32 Å². The Hall–Kier alpha value is -2.49. The fourth-order valence-electron chi connectivity index (χ4n) is 1.84. The van der Waals surface area contributed by atoms with E-state index in [0.29, 0.717) is 5.69 Å². The number of hydrogen-bond donors (Lipinski definition) is 1. The van der Waals surface area contributed by atoms with Crippen LogP contribution in [0.2, 0.25) is 0 Å². The van der Waals surface area contributed by atoms with Crippen LogP contribution in [-0.2, 0) is 9.59 Å². The molecule has 3 nitrogen and oxygen atoms in total. The van der Waals surface area contributed by atoms with Crippen LogP contribution in [0.1, 0.15) is 12.5 Å². The number of carbonyl (C=O) groups is 2. The van der Waals surface area contributed by atoms with Crippen molar-refractivity contribution in [3.8, 4) is 11.1 Å². The lowest BCUT2D eigenvalue weighted by Crippen LogP contribution is -2.20. The van der Waals surface area contributed by atoms with Gasteiger partial charge in [-0.25, -0.2) is 4.39 Å². The first-order valence-electron chi connectivity index (χ1n) is 6.16. The Morgan fingerprint density at radius 3 is 2.15 bits per heavy atom. The summed E-state index contributed by atoms with van der Waals surface area (Å²) >= 11 is 0. The fourth-order valence-corrected chi connectivity index (χ4v) is 1.84. The molecule has 0 spiro atoms. The number of ketones is 1. The van der Waals surface area contributed by atoms with Crippen LogP contribution >= 0.6 is 0 Å². The molecule has 0 saturated carbocycles. The molecule has 0 saturated heterocycles. The summed E-state index contributed by atoms with van der Waals surface area (Å²) < 4.78 is 12.9. The molecule has 0 bridgehead atoms. The predicted molar refractivity (Wildman–Crippen MR) is 75.9 cm³/mol. The van der Waals surface area contributed by atoms with Crippen molar-refractivity contribution < 1.29 is 14.0 Å². The molecule has 0 heterocycles. The van der Waals surface area contributed by atoms with Gasteiger partial charge in [0.1, 0.15) is 5.82 Å². The lowest BCUT2D eigenvalue weighted by molar-refractivity contribution is -0.133. The highest BCUT2D eigenvalue weighted by Gasteiger charge is 2.09. The summed E-state index contributed by atoms with van der Waals surface area (Å²) in [6.07, 6.45) is 0. The molecule has 2 aromatic rings. The fraction of sp³-hybridized carbons (Fsp3) is 0.125. The van der Waals surface area contributed by atoms with Gasteiger partial charge < -0.3 is 5.32 Å². The van der Waals surface area contributed by atoms with Gasteiger partial charge in [-0.05, 0) is 47.9 Å². The second-order valence-electron chi connectivity index (χ2n) is 4.55.